The fourth-order valence-electron chi connectivity index (χ4n) is 0.934. The van der Waals surface area contributed by atoms with Crippen LogP contribution in [-0.4, -0.2) is 35.1 Å². The van der Waals surface area contributed by atoms with E-state index in [1.807, 2.05) is 0 Å². The number of hydrogen-bond donors (Lipinski definition) is 2. The molecule has 0 amide bonds. The first-order chi connectivity index (χ1) is 4.75. The molecule has 10 heavy (non-hydrogen) atoms. The van der Waals surface area contributed by atoms with Crippen molar-refractivity contribution in [3.8, 4) is 12.3 Å². The quantitative estimate of drug-likeness (QED) is 0.432. The molecule has 0 aromatic carbocycles. The summed E-state index contributed by atoms with van der Waals surface area (Å²) in [5, 5.41) is 18.2. The van der Waals surface area contributed by atoms with Crippen LogP contribution in [0.5, 0.6) is 0 Å². The Morgan fingerprint density at radius 1 is 1.50 bits per heavy atom. The molecule has 2 N–H and O–H groups in total. The smallest absolute Gasteiger partial charge is 0.146 e. The fourth-order valence-corrected chi connectivity index (χ4v) is 0.934. The number of aliphatic hydroxyl groups is 2. The van der Waals surface area contributed by atoms with Crippen LogP contribution in [-0.2, 0) is 4.74 Å². The lowest BCUT2D eigenvalue weighted by Crippen LogP contribution is -2.43. The van der Waals surface area contributed by atoms with Gasteiger partial charge in [0.05, 0.1) is 12.7 Å². The summed E-state index contributed by atoms with van der Waals surface area (Å²) in [5.41, 5.74) is 0. The van der Waals surface area contributed by atoms with Gasteiger partial charge < -0.3 is 14.9 Å². The Kier molecular flexibility index (Phi) is 2.28. The summed E-state index contributed by atoms with van der Waals surface area (Å²) in [6, 6.07) is 0. The Hall–Kier alpha value is -0.560. The van der Waals surface area contributed by atoms with Crippen molar-refractivity contribution in [3.63, 3.8) is 0 Å². The lowest BCUT2D eigenvalue weighted by molar-refractivity contribution is -0.112. The Bertz CT molecular complexity index is 149. The van der Waals surface area contributed by atoms with E-state index in [2.05, 4.69) is 5.92 Å². The van der Waals surface area contributed by atoms with Crippen molar-refractivity contribution in [3.05, 3.63) is 0 Å². The first-order valence-corrected chi connectivity index (χ1v) is 3.19. The highest BCUT2D eigenvalue weighted by Gasteiger charge is 2.29. The summed E-state index contributed by atoms with van der Waals surface area (Å²) in [4.78, 5) is 0. The number of rotatable bonds is 0. The van der Waals surface area contributed by atoms with Crippen LogP contribution >= 0.6 is 0 Å². The zero-order valence-electron chi connectivity index (χ0n) is 5.53. The maximum atomic E-state index is 9.12. The maximum absolute atomic E-state index is 9.12. The van der Waals surface area contributed by atoms with Crippen LogP contribution in [0.15, 0.2) is 0 Å². The molecule has 0 radical (unpaired) electrons. The maximum Gasteiger partial charge on any atom is 0.146 e. The van der Waals surface area contributed by atoms with Crippen LogP contribution in [0.25, 0.3) is 0 Å². The molecule has 3 nitrogen and oxygen atoms in total. The van der Waals surface area contributed by atoms with Crippen LogP contribution in [0.1, 0.15) is 6.42 Å². The van der Waals surface area contributed by atoms with Gasteiger partial charge in [0.1, 0.15) is 12.2 Å². The number of hydrogen-bond acceptors (Lipinski definition) is 3. The van der Waals surface area contributed by atoms with E-state index in [-0.39, 0.29) is 0 Å². The van der Waals surface area contributed by atoms with E-state index in [1.54, 1.807) is 0 Å². The first-order valence-electron chi connectivity index (χ1n) is 3.19. The van der Waals surface area contributed by atoms with Gasteiger partial charge >= 0.3 is 0 Å². The number of terminal acetylenes is 1. The summed E-state index contributed by atoms with van der Waals surface area (Å²) >= 11 is 0. The molecule has 3 unspecified atom stereocenters. The molecule has 0 bridgehead atoms. The van der Waals surface area contributed by atoms with Crippen molar-refractivity contribution in [2.24, 2.45) is 0 Å². The average Bonchev–Trinajstić information content (AvgIpc) is 1.95. The normalized spacial score (nSPS) is 40.7. The van der Waals surface area contributed by atoms with Gasteiger partial charge in [-0.2, -0.15) is 0 Å². The molecule has 3 atom stereocenters. The molecule has 1 heterocycles. The van der Waals surface area contributed by atoms with Gasteiger partial charge in [0.15, 0.2) is 0 Å². The minimum absolute atomic E-state index is 0.424. The molecule has 0 spiro atoms. The van der Waals surface area contributed by atoms with Gasteiger partial charge in [-0.25, -0.2) is 0 Å². The van der Waals surface area contributed by atoms with Crippen molar-refractivity contribution >= 4 is 0 Å². The largest absolute Gasteiger partial charge is 0.390 e. The third-order valence-corrected chi connectivity index (χ3v) is 1.58. The minimum atomic E-state index is -0.918. The molecule has 1 fully saturated rings. The second kappa shape index (κ2) is 3.02. The zero-order valence-corrected chi connectivity index (χ0v) is 5.53. The topological polar surface area (TPSA) is 49.7 Å². The van der Waals surface area contributed by atoms with Crippen LogP contribution in [0, 0.1) is 12.3 Å². The van der Waals surface area contributed by atoms with Crippen molar-refractivity contribution in [2.45, 2.75) is 24.7 Å². The monoisotopic (exact) mass is 142 g/mol. The Morgan fingerprint density at radius 2 is 2.20 bits per heavy atom. The van der Waals surface area contributed by atoms with Gasteiger partial charge in [-0.1, -0.05) is 5.92 Å². The summed E-state index contributed by atoms with van der Waals surface area (Å²) in [6.07, 6.45) is 3.19. The summed E-state index contributed by atoms with van der Waals surface area (Å²) in [6.45, 7) is 0.424. The van der Waals surface area contributed by atoms with Crippen molar-refractivity contribution in [2.75, 3.05) is 6.61 Å². The van der Waals surface area contributed by atoms with E-state index in [9.17, 15) is 0 Å². The molecule has 1 aliphatic heterocycles. The van der Waals surface area contributed by atoms with E-state index in [1.165, 1.54) is 0 Å². The minimum Gasteiger partial charge on any atom is -0.390 e. The standard InChI is InChI=1S/C7H10O3/c1-2-6-7(9)5(8)3-4-10-6/h1,5-9H,3-4H2. The van der Waals surface area contributed by atoms with Crippen molar-refractivity contribution < 1.29 is 14.9 Å². The van der Waals surface area contributed by atoms with Crippen LogP contribution < -0.4 is 0 Å². The number of aliphatic hydroxyl groups excluding tert-OH is 2. The summed E-state index contributed by atoms with van der Waals surface area (Å²) in [5.74, 6) is 2.25. The zero-order chi connectivity index (χ0) is 7.56. The first kappa shape index (κ1) is 7.55. The number of ether oxygens (including phenoxy) is 1. The van der Waals surface area contributed by atoms with E-state index < -0.39 is 18.3 Å². The highest BCUT2D eigenvalue weighted by Crippen LogP contribution is 2.13. The van der Waals surface area contributed by atoms with Crippen LogP contribution in [0.3, 0.4) is 0 Å². The molecular formula is C7H10O3. The third-order valence-electron chi connectivity index (χ3n) is 1.58. The van der Waals surface area contributed by atoms with E-state index in [0.29, 0.717) is 13.0 Å². The second-order valence-electron chi connectivity index (χ2n) is 2.30. The molecule has 1 aliphatic rings. The highest BCUT2D eigenvalue weighted by molar-refractivity contribution is 5.02. The second-order valence-corrected chi connectivity index (χ2v) is 2.30. The Morgan fingerprint density at radius 3 is 2.70 bits per heavy atom. The van der Waals surface area contributed by atoms with Gasteiger partial charge in [0.25, 0.3) is 0 Å². The lowest BCUT2D eigenvalue weighted by Gasteiger charge is -2.28. The Labute approximate surface area is 59.6 Å². The van der Waals surface area contributed by atoms with E-state index in [0.717, 1.165) is 0 Å². The fraction of sp³-hybridized carbons (Fsp3) is 0.714. The predicted octanol–water partition coefficient (Wildman–Crippen LogP) is -0.870. The van der Waals surface area contributed by atoms with Crippen LogP contribution in [0.2, 0.25) is 0 Å². The molecule has 0 aromatic rings. The van der Waals surface area contributed by atoms with E-state index in [4.69, 9.17) is 21.4 Å². The third kappa shape index (κ3) is 1.29. The molecule has 3 heteroatoms. The molecular weight excluding hydrogens is 132 g/mol. The molecule has 1 rings (SSSR count). The van der Waals surface area contributed by atoms with Gasteiger partial charge in [-0.15, -0.1) is 6.42 Å². The highest BCUT2D eigenvalue weighted by atomic mass is 16.5. The SMILES string of the molecule is C#CC1OCCC(O)C1O. The summed E-state index contributed by atoms with van der Waals surface area (Å²) in [7, 11) is 0. The molecule has 0 aromatic heterocycles. The molecule has 0 aliphatic carbocycles. The summed E-state index contributed by atoms with van der Waals surface area (Å²) < 4.78 is 4.96. The van der Waals surface area contributed by atoms with Gasteiger partial charge in [-0.05, 0) is 6.42 Å². The van der Waals surface area contributed by atoms with Crippen LogP contribution in [0.4, 0.5) is 0 Å². The molecule has 56 valence electrons. The lowest BCUT2D eigenvalue weighted by atomic mass is 10.0. The van der Waals surface area contributed by atoms with Crippen molar-refractivity contribution in [1.82, 2.24) is 0 Å². The molecule has 1 saturated heterocycles. The van der Waals surface area contributed by atoms with E-state index >= 15 is 0 Å². The van der Waals surface area contributed by atoms with Crippen molar-refractivity contribution in [1.29, 1.82) is 0 Å². The van der Waals surface area contributed by atoms with Gasteiger partial charge in [-0.3, -0.25) is 0 Å². The average molecular weight is 142 g/mol. The predicted molar refractivity (Wildman–Crippen MR) is 35.2 cm³/mol. The van der Waals surface area contributed by atoms with Gasteiger partial charge in [0.2, 0.25) is 0 Å². The van der Waals surface area contributed by atoms with Gasteiger partial charge in [0, 0.05) is 0 Å². The Balaban J connectivity index is 2.53. The molecule has 0 saturated carbocycles.